The molecule has 1 aliphatic heterocycles. The average molecular weight is 297 g/mol. The van der Waals surface area contributed by atoms with Crippen molar-refractivity contribution in [3.8, 4) is 0 Å². The number of methoxy groups -OCH3 is 1. The molecule has 1 fully saturated rings. The van der Waals surface area contributed by atoms with Crippen molar-refractivity contribution in [1.29, 1.82) is 0 Å². The molecule has 124 valence electrons. The van der Waals surface area contributed by atoms with Crippen LogP contribution in [0.25, 0.3) is 0 Å². The van der Waals surface area contributed by atoms with Crippen molar-refractivity contribution in [3.05, 3.63) is 0 Å². The molecule has 1 heterocycles. The second kappa shape index (κ2) is 10.9. The fourth-order valence-electron chi connectivity index (χ4n) is 3.40. The highest BCUT2D eigenvalue weighted by Crippen LogP contribution is 2.28. The topological polar surface area (TPSA) is 36.9 Å². The van der Waals surface area contributed by atoms with E-state index in [9.17, 15) is 0 Å². The fraction of sp³-hybridized carbons (Fsp3) is 0.941. The quantitative estimate of drug-likeness (QED) is 0.403. The maximum Gasteiger partial charge on any atom is 0.193 e. The lowest BCUT2D eigenvalue weighted by Crippen LogP contribution is -2.40. The minimum atomic E-state index is 0.847. The average Bonchev–Trinajstić information content (AvgIpc) is 2.97. The zero-order valence-corrected chi connectivity index (χ0v) is 14.5. The van der Waals surface area contributed by atoms with E-state index in [0.29, 0.717) is 0 Å². The molecular formula is C17H35N3O. The Morgan fingerprint density at radius 2 is 2.05 bits per heavy atom. The molecule has 4 heteroatoms. The Morgan fingerprint density at radius 1 is 1.29 bits per heavy atom. The van der Waals surface area contributed by atoms with Crippen molar-refractivity contribution in [1.82, 2.24) is 10.2 Å². The normalized spacial score (nSPS) is 19.6. The van der Waals surface area contributed by atoms with Gasteiger partial charge in [0.25, 0.3) is 0 Å². The van der Waals surface area contributed by atoms with Crippen molar-refractivity contribution in [2.24, 2.45) is 16.8 Å². The third kappa shape index (κ3) is 6.25. The van der Waals surface area contributed by atoms with E-state index in [-0.39, 0.29) is 0 Å². The minimum Gasteiger partial charge on any atom is -0.385 e. The highest BCUT2D eigenvalue weighted by Gasteiger charge is 2.29. The lowest BCUT2D eigenvalue weighted by atomic mass is 9.87. The van der Waals surface area contributed by atoms with Crippen molar-refractivity contribution in [3.63, 3.8) is 0 Å². The maximum absolute atomic E-state index is 5.07. The zero-order valence-electron chi connectivity index (χ0n) is 14.5. The minimum absolute atomic E-state index is 0.847. The first-order valence-electron chi connectivity index (χ1n) is 8.71. The van der Waals surface area contributed by atoms with Gasteiger partial charge in [0.1, 0.15) is 0 Å². The Bertz CT molecular complexity index is 290. The Kier molecular flexibility index (Phi) is 9.48. The van der Waals surface area contributed by atoms with E-state index in [4.69, 9.17) is 4.74 Å². The summed E-state index contributed by atoms with van der Waals surface area (Å²) in [6.45, 7) is 8.87. The zero-order chi connectivity index (χ0) is 15.5. The van der Waals surface area contributed by atoms with Gasteiger partial charge in [-0.1, -0.05) is 26.7 Å². The molecule has 0 spiro atoms. The second-order valence-corrected chi connectivity index (χ2v) is 6.10. The van der Waals surface area contributed by atoms with Gasteiger partial charge in [0.05, 0.1) is 0 Å². The highest BCUT2D eigenvalue weighted by molar-refractivity contribution is 5.80. The maximum atomic E-state index is 5.07. The van der Waals surface area contributed by atoms with Crippen molar-refractivity contribution in [2.45, 2.75) is 52.4 Å². The van der Waals surface area contributed by atoms with Gasteiger partial charge in [-0.25, -0.2) is 0 Å². The summed E-state index contributed by atoms with van der Waals surface area (Å²) in [5.41, 5.74) is 0. The van der Waals surface area contributed by atoms with Crippen LogP contribution in [0.5, 0.6) is 0 Å². The molecule has 0 saturated carbocycles. The smallest absolute Gasteiger partial charge is 0.193 e. The summed E-state index contributed by atoms with van der Waals surface area (Å²) < 4.78 is 5.07. The number of aliphatic imine (C=N–C) groups is 1. The van der Waals surface area contributed by atoms with E-state index < -0.39 is 0 Å². The Balaban J connectivity index is 2.27. The number of likely N-dealkylation sites (tertiary alicyclic amines) is 1. The van der Waals surface area contributed by atoms with Gasteiger partial charge in [-0.3, -0.25) is 4.99 Å². The van der Waals surface area contributed by atoms with E-state index in [0.717, 1.165) is 43.9 Å². The Hall–Kier alpha value is -0.770. The first-order chi connectivity index (χ1) is 10.3. The van der Waals surface area contributed by atoms with Gasteiger partial charge in [-0.15, -0.1) is 0 Å². The molecule has 0 amide bonds. The largest absolute Gasteiger partial charge is 0.385 e. The summed E-state index contributed by atoms with van der Waals surface area (Å²) in [5, 5.41) is 3.52. The van der Waals surface area contributed by atoms with Gasteiger partial charge in [0.2, 0.25) is 0 Å². The van der Waals surface area contributed by atoms with E-state index in [1.165, 1.54) is 38.6 Å². The third-order valence-corrected chi connectivity index (χ3v) is 4.76. The predicted octanol–water partition coefficient (Wildman–Crippen LogP) is 3.14. The molecule has 0 aromatic rings. The van der Waals surface area contributed by atoms with E-state index in [2.05, 4.69) is 29.1 Å². The van der Waals surface area contributed by atoms with Crippen LogP contribution in [-0.4, -0.2) is 51.3 Å². The van der Waals surface area contributed by atoms with Crippen LogP contribution in [0.2, 0.25) is 0 Å². The molecule has 1 atom stereocenters. The van der Waals surface area contributed by atoms with Crippen LogP contribution in [0.4, 0.5) is 0 Å². The van der Waals surface area contributed by atoms with Crippen LogP contribution in [0.1, 0.15) is 52.4 Å². The van der Waals surface area contributed by atoms with Gasteiger partial charge >= 0.3 is 0 Å². The molecule has 0 aliphatic carbocycles. The fourth-order valence-corrected chi connectivity index (χ4v) is 3.40. The molecule has 0 bridgehead atoms. The van der Waals surface area contributed by atoms with Crippen LogP contribution < -0.4 is 5.32 Å². The monoisotopic (exact) mass is 297 g/mol. The lowest BCUT2D eigenvalue weighted by molar-refractivity contribution is 0.192. The van der Waals surface area contributed by atoms with Crippen LogP contribution in [0.3, 0.4) is 0 Å². The lowest BCUT2D eigenvalue weighted by Gasteiger charge is -2.24. The van der Waals surface area contributed by atoms with Crippen LogP contribution in [-0.2, 0) is 4.74 Å². The SMILES string of the molecule is CCC(CC)C1CCN(C(=NC)NCCCCCOC)C1. The third-order valence-electron chi connectivity index (χ3n) is 4.76. The van der Waals surface area contributed by atoms with Crippen molar-refractivity contribution < 1.29 is 4.74 Å². The standard InChI is InChI=1S/C17H35N3O/c1-5-15(6-2)16-10-12-20(14-16)17(18-3)19-11-8-7-9-13-21-4/h15-16H,5-14H2,1-4H3,(H,18,19). The Morgan fingerprint density at radius 3 is 2.67 bits per heavy atom. The Labute approximate surface area is 131 Å². The van der Waals surface area contributed by atoms with Crippen LogP contribution >= 0.6 is 0 Å². The van der Waals surface area contributed by atoms with Gasteiger partial charge < -0.3 is 15.0 Å². The molecule has 0 aromatic carbocycles. The number of guanidine groups is 1. The highest BCUT2D eigenvalue weighted by atomic mass is 16.5. The number of rotatable bonds is 9. The number of hydrogen-bond donors (Lipinski definition) is 1. The summed E-state index contributed by atoms with van der Waals surface area (Å²) in [7, 11) is 3.67. The molecular weight excluding hydrogens is 262 g/mol. The molecule has 0 aromatic heterocycles. The summed E-state index contributed by atoms with van der Waals surface area (Å²) >= 11 is 0. The first-order valence-corrected chi connectivity index (χ1v) is 8.71. The van der Waals surface area contributed by atoms with Gasteiger partial charge in [0.15, 0.2) is 5.96 Å². The number of ether oxygens (including phenoxy) is 1. The molecule has 1 aliphatic rings. The molecule has 1 saturated heterocycles. The number of hydrogen-bond acceptors (Lipinski definition) is 2. The summed E-state index contributed by atoms with van der Waals surface area (Å²) in [4.78, 5) is 6.90. The molecule has 21 heavy (non-hydrogen) atoms. The number of unbranched alkanes of at least 4 members (excludes halogenated alkanes) is 2. The van der Waals surface area contributed by atoms with Crippen LogP contribution in [0, 0.1) is 11.8 Å². The number of nitrogens with zero attached hydrogens (tertiary/aromatic N) is 2. The van der Waals surface area contributed by atoms with Gasteiger partial charge in [0, 0.05) is 40.4 Å². The first kappa shape index (κ1) is 18.3. The van der Waals surface area contributed by atoms with Crippen molar-refractivity contribution in [2.75, 3.05) is 40.4 Å². The van der Waals surface area contributed by atoms with Gasteiger partial charge in [-0.2, -0.15) is 0 Å². The summed E-state index contributed by atoms with van der Waals surface area (Å²) in [6, 6.07) is 0. The molecule has 4 nitrogen and oxygen atoms in total. The molecule has 1 rings (SSSR count). The van der Waals surface area contributed by atoms with Crippen LogP contribution in [0.15, 0.2) is 4.99 Å². The molecule has 1 unspecified atom stereocenters. The molecule has 1 N–H and O–H groups in total. The van der Waals surface area contributed by atoms with E-state index >= 15 is 0 Å². The predicted molar refractivity (Wildman–Crippen MR) is 90.8 cm³/mol. The summed E-state index contributed by atoms with van der Waals surface area (Å²) in [6.07, 6.45) is 7.49. The second-order valence-electron chi connectivity index (χ2n) is 6.10. The molecule has 0 radical (unpaired) electrons. The summed E-state index contributed by atoms with van der Waals surface area (Å²) in [5.74, 6) is 2.82. The van der Waals surface area contributed by atoms with Crippen molar-refractivity contribution >= 4 is 5.96 Å². The van der Waals surface area contributed by atoms with E-state index in [1.807, 2.05) is 7.05 Å². The number of nitrogens with one attached hydrogen (secondary N) is 1. The van der Waals surface area contributed by atoms with E-state index in [1.54, 1.807) is 7.11 Å². The van der Waals surface area contributed by atoms with Gasteiger partial charge in [-0.05, 0) is 37.5 Å².